The minimum atomic E-state index is 0.565. The highest BCUT2D eigenvalue weighted by Crippen LogP contribution is 2.24. The average molecular weight is 415 g/mol. The number of hydrogen-bond donors (Lipinski definition) is 2. The number of aromatic nitrogens is 2. The zero-order valence-electron chi connectivity index (χ0n) is 18.5. The molecule has 2 aromatic carbocycles. The SMILES string of the molecule is CCCN=C(N)c1ccc(-c2cc(-c3ccc(C(N)=NCCC)cc3)nc(C)n2)cc1. The van der Waals surface area contributed by atoms with Gasteiger partial charge in [-0.3, -0.25) is 9.98 Å². The molecule has 0 saturated carbocycles. The molecule has 0 amide bonds. The summed E-state index contributed by atoms with van der Waals surface area (Å²) in [4.78, 5) is 18.0. The molecule has 31 heavy (non-hydrogen) atoms. The predicted molar refractivity (Wildman–Crippen MR) is 129 cm³/mol. The molecule has 0 aliphatic heterocycles. The van der Waals surface area contributed by atoms with Crippen LogP contribution < -0.4 is 11.5 Å². The van der Waals surface area contributed by atoms with Crippen molar-refractivity contribution in [3.8, 4) is 22.5 Å². The summed E-state index contributed by atoms with van der Waals surface area (Å²) in [6.07, 6.45) is 1.95. The number of nitrogens with two attached hydrogens (primary N) is 2. The number of nitrogens with zero attached hydrogens (tertiary/aromatic N) is 4. The summed E-state index contributed by atoms with van der Waals surface area (Å²) in [5, 5.41) is 0. The minimum Gasteiger partial charge on any atom is -0.384 e. The first-order valence-electron chi connectivity index (χ1n) is 10.7. The Labute approximate surface area is 184 Å². The van der Waals surface area contributed by atoms with Crippen LogP contribution in [0.4, 0.5) is 0 Å². The normalized spacial score (nSPS) is 12.2. The lowest BCUT2D eigenvalue weighted by molar-refractivity contribution is 0.930. The molecule has 160 valence electrons. The molecule has 0 bridgehead atoms. The van der Waals surface area contributed by atoms with Crippen LogP contribution in [0, 0.1) is 6.92 Å². The van der Waals surface area contributed by atoms with Crippen LogP contribution in [-0.2, 0) is 0 Å². The van der Waals surface area contributed by atoms with Crippen LogP contribution in [0.2, 0.25) is 0 Å². The summed E-state index contributed by atoms with van der Waals surface area (Å²) < 4.78 is 0. The standard InChI is InChI=1S/C25H30N6/c1-4-14-28-24(26)20-10-6-18(7-11-20)22-16-23(31-17(3)30-22)19-8-12-21(13-9-19)25(27)29-15-5-2/h6-13,16H,4-5,14-15H2,1-3H3,(H2,26,28)(H2,27,29). The van der Waals surface area contributed by atoms with Gasteiger partial charge < -0.3 is 11.5 Å². The molecule has 0 aliphatic rings. The van der Waals surface area contributed by atoms with Crippen LogP contribution in [0.3, 0.4) is 0 Å². The van der Waals surface area contributed by atoms with Gasteiger partial charge in [0.25, 0.3) is 0 Å². The van der Waals surface area contributed by atoms with Gasteiger partial charge in [-0.2, -0.15) is 0 Å². The molecule has 0 saturated heterocycles. The van der Waals surface area contributed by atoms with Crippen molar-refractivity contribution in [3.05, 3.63) is 71.5 Å². The second-order valence-electron chi connectivity index (χ2n) is 7.37. The molecule has 3 rings (SSSR count). The maximum absolute atomic E-state index is 6.06. The van der Waals surface area contributed by atoms with Crippen LogP contribution in [0.1, 0.15) is 43.6 Å². The molecular formula is C25H30N6. The molecule has 3 aromatic rings. The van der Waals surface area contributed by atoms with Gasteiger partial charge in [0.15, 0.2) is 0 Å². The van der Waals surface area contributed by atoms with Gasteiger partial charge >= 0.3 is 0 Å². The molecule has 1 aromatic heterocycles. The predicted octanol–water partition coefficient (Wildman–Crippen LogP) is 4.35. The Morgan fingerprint density at radius 3 is 1.45 bits per heavy atom. The molecule has 6 heteroatoms. The summed E-state index contributed by atoms with van der Waals surface area (Å²) in [6, 6.07) is 18.0. The Bertz CT molecular complexity index is 982. The smallest absolute Gasteiger partial charge is 0.126 e. The highest BCUT2D eigenvalue weighted by Gasteiger charge is 2.08. The molecule has 4 N–H and O–H groups in total. The highest BCUT2D eigenvalue weighted by atomic mass is 14.9. The van der Waals surface area contributed by atoms with Crippen LogP contribution in [0.25, 0.3) is 22.5 Å². The number of rotatable bonds is 8. The number of amidine groups is 2. The molecular weight excluding hydrogens is 384 g/mol. The van der Waals surface area contributed by atoms with E-state index < -0.39 is 0 Å². The molecule has 0 atom stereocenters. The van der Waals surface area contributed by atoms with E-state index in [0.717, 1.165) is 59.6 Å². The molecule has 0 radical (unpaired) electrons. The topological polar surface area (TPSA) is 103 Å². The lowest BCUT2D eigenvalue weighted by atomic mass is 10.0. The fourth-order valence-corrected chi connectivity index (χ4v) is 3.13. The van der Waals surface area contributed by atoms with Crippen LogP contribution >= 0.6 is 0 Å². The van der Waals surface area contributed by atoms with E-state index in [1.165, 1.54) is 0 Å². The molecule has 6 nitrogen and oxygen atoms in total. The van der Waals surface area contributed by atoms with Gasteiger partial charge in [0.2, 0.25) is 0 Å². The molecule has 0 spiro atoms. The third-order valence-electron chi connectivity index (χ3n) is 4.80. The second kappa shape index (κ2) is 10.5. The highest BCUT2D eigenvalue weighted by molar-refractivity contribution is 5.98. The number of aliphatic imine (C=N–C) groups is 2. The summed E-state index contributed by atoms with van der Waals surface area (Å²) >= 11 is 0. The van der Waals surface area contributed by atoms with Gasteiger partial charge in [-0.15, -0.1) is 0 Å². The van der Waals surface area contributed by atoms with Crippen molar-refractivity contribution in [1.29, 1.82) is 0 Å². The maximum Gasteiger partial charge on any atom is 0.126 e. The summed E-state index contributed by atoms with van der Waals surface area (Å²) in [6.45, 7) is 7.53. The van der Waals surface area contributed by atoms with E-state index in [0.29, 0.717) is 17.5 Å². The number of aryl methyl sites for hydroxylation is 1. The van der Waals surface area contributed by atoms with Crippen LogP contribution in [0.5, 0.6) is 0 Å². The third kappa shape index (κ3) is 5.75. The zero-order chi connectivity index (χ0) is 22.2. The first-order valence-corrected chi connectivity index (χ1v) is 10.7. The lowest BCUT2D eigenvalue weighted by Gasteiger charge is -2.09. The fourth-order valence-electron chi connectivity index (χ4n) is 3.13. The van der Waals surface area contributed by atoms with Crippen molar-refractivity contribution in [2.45, 2.75) is 33.6 Å². The van der Waals surface area contributed by atoms with E-state index in [2.05, 4.69) is 33.8 Å². The minimum absolute atomic E-state index is 0.565. The van der Waals surface area contributed by atoms with Crippen LogP contribution in [-0.4, -0.2) is 34.7 Å². The Morgan fingerprint density at radius 2 is 1.10 bits per heavy atom. The maximum atomic E-state index is 6.06. The van der Waals surface area contributed by atoms with E-state index in [4.69, 9.17) is 11.5 Å². The molecule has 0 aliphatic carbocycles. The Morgan fingerprint density at radius 1 is 0.710 bits per heavy atom. The molecule has 0 unspecified atom stereocenters. The largest absolute Gasteiger partial charge is 0.384 e. The second-order valence-corrected chi connectivity index (χ2v) is 7.37. The summed E-state index contributed by atoms with van der Waals surface area (Å²) in [5.74, 6) is 1.85. The van der Waals surface area contributed by atoms with Gasteiger partial charge in [0.1, 0.15) is 17.5 Å². The van der Waals surface area contributed by atoms with Crippen molar-refractivity contribution in [2.24, 2.45) is 21.5 Å². The van der Waals surface area contributed by atoms with Gasteiger partial charge in [-0.25, -0.2) is 9.97 Å². The van der Waals surface area contributed by atoms with Crippen molar-refractivity contribution in [2.75, 3.05) is 13.1 Å². The average Bonchev–Trinajstić information content (AvgIpc) is 2.80. The Hall–Kier alpha value is -3.54. The Balaban J connectivity index is 1.87. The molecule has 1 heterocycles. The fraction of sp³-hybridized carbons (Fsp3) is 0.280. The number of hydrogen-bond acceptors (Lipinski definition) is 4. The first-order chi connectivity index (χ1) is 15.0. The third-order valence-corrected chi connectivity index (χ3v) is 4.80. The van der Waals surface area contributed by atoms with Gasteiger partial charge in [0.05, 0.1) is 11.4 Å². The van der Waals surface area contributed by atoms with Gasteiger partial charge in [-0.1, -0.05) is 62.4 Å². The van der Waals surface area contributed by atoms with Crippen molar-refractivity contribution < 1.29 is 0 Å². The molecule has 0 fully saturated rings. The lowest BCUT2D eigenvalue weighted by Crippen LogP contribution is -2.13. The van der Waals surface area contributed by atoms with Gasteiger partial charge in [-0.05, 0) is 25.8 Å². The van der Waals surface area contributed by atoms with E-state index in [-0.39, 0.29) is 0 Å². The van der Waals surface area contributed by atoms with Crippen molar-refractivity contribution >= 4 is 11.7 Å². The summed E-state index contributed by atoms with van der Waals surface area (Å²) in [5.41, 5.74) is 17.7. The summed E-state index contributed by atoms with van der Waals surface area (Å²) in [7, 11) is 0. The Kier molecular flexibility index (Phi) is 7.49. The van der Waals surface area contributed by atoms with E-state index in [1.54, 1.807) is 0 Å². The zero-order valence-corrected chi connectivity index (χ0v) is 18.5. The van der Waals surface area contributed by atoms with E-state index in [1.807, 2.05) is 61.5 Å². The van der Waals surface area contributed by atoms with Crippen LogP contribution in [0.15, 0.2) is 64.6 Å². The quantitative estimate of drug-likeness (QED) is 0.422. The van der Waals surface area contributed by atoms with E-state index >= 15 is 0 Å². The monoisotopic (exact) mass is 414 g/mol. The number of benzene rings is 2. The van der Waals surface area contributed by atoms with Gasteiger partial charge in [0, 0.05) is 35.3 Å². The van der Waals surface area contributed by atoms with E-state index in [9.17, 15) is 0 Å². The van der Waals surface area contributed by atoms with Crippen molar-refractivity contribution in [1.82, 2.24) is 9.97 Å². The first kappa shape index (κ1) is 22.2. The van der Waals surface area contributed by atoms with Crippen molar-refractivity contribution in [3.63, 3.8) is 0 Å².